The molecule has 3 heteroatoms. The zero-order valence-corrected chi connectivity index (χ0v) is 17.2. The first-order valence-electron chi connectivity index (χ1n) is 10.6. The molecule has 28 heavy (non-hydrogen) atoms. The highest BCUT2D eigenvalue weighted by Crippen LogP contribution is 2.33. The van der Waals surface area contributed by atoms with Crippen LogP contribution in [-0.2, 0) is 4.79 Å². The number of aryl methyl sites for hydroxylation is 1. The number of nitrogens with one attached hydrogen (secondary N) is 1. The van der Waals surface area contributed by atoms with Crippen LogP contribution >= 0.6 is 0 Å². The Labute approximate surface area is 169 Å². The molecule has 2 unspecified atom stereocenters. The molecule has 1 aliphatic carbocycles. The van der Waals surface area contributed by atoms with Crippen molar-refractivity contribution in [1.82, 2.24) is 0 Å². The summed E-state index contributed by atoms with van der Waals surface area (Å²) in [6.07, 6.45) is 7.97. The van der Waals surface area contributed by atoms with Crippen molar-refractivity contribution in [3.8, 4) is 5.75 Å². The number of carbonyl (C=O) groups is 1. The molecule has 1 aliphatic rings. The maximum atomic E-state index is 12.9. The molecule has 0 spiro atoms. The van der Waals surface area contributed by atoms with E-state index in [0.717, 1.165) is 37.1 Å². The van der Waals surface area contributed by atoms with Gasteiger partial charge in [0.05, 0.1) is 13.7 Å². The number of methoxy groups -OCH3 is 1. The number of carbonyl (C=O) groups excluding carboxylic acids is 1. The Kier molecular flexibility index (Phi) is 7.53. The van der Waals surface area contributed by atoms with Gasteiger partial charge >= 0.3 is 0 Å². The zero-order chi connectivity index (χ0) is 19.8. The second-order valence-corrected chi connectivity index (χ2v) is 8.07. The molecule has 0 amide bonds. The summed E-state index contributed by atoms with van der Waals surface area (Å²) >= 11 is 0. The highest BCUT2D eigenvalue weighted by molar-refractivity contribution is 5.85. The summed E-state index contributed by atoms with van der Waals surface area (Å²) in [5, 5.41) is 3.33. The lowest BCUT2D eigenvalue weighted by Crippen LogP contribution is -2.23. The quantitative estimate of drug-likeness (QED) is 0.656. The zero-order valence-electron chi connectivity index (χ0n) is 17.2. The summed E-state index contributed by atoms with van der Waals surface area (Å²) in [6.45, 7) is 2.51. The summed E-state index contributed by atoms with van der Waals surface area (Å²) < 4.78 is 5.29. The summed E-state index contributed by atoms with van der Waals surface area (Å²) in [4.78, 5) is 12.9. The second-order valence-electron chi connectivity index (χ2n) is 8.07. The normalized spacial score (nSPS) is 20.5. The Hall–Kier alpha value is -2.29. The Morgan fingerprint density at radius 2 is 1.79 bits per heavy atom. The molecule has 0 aliphatic heterocycles. The predicted octanol–water partition coefficient (Wildman–Crippen LogP) is 6.13. The molecule has 0 aromatic heterocycles. The van der Waals surface area contributed by atoms with Crippen molar-refractivity contribution in [2.24, 2.45) is 5.92 Å². The van der Waals surface area contributed by atoms with Gasteiger partial charge in [-0.2, -0.15) is 0 Å². The number of ether oxygens (including phenoxy) is 1. The Bertz CT molecular complexity index is 753. The molecule has 2 aromatic carbocycles. The summed E-state index contributed by atoms with van der Waals surface area (Å²) in [5.41, 5.74) is 3.63. The highest BCUT2D eigenvalue weighted by Gasteiger charge is 2.22. The lowest BCUT2D eigenvalue weighted by molar-refractivity contribution is -0.121. The van der Waals surface area contributed by atoms with Crippen molar-refractivity contribution in [2.45, 2.75) is 57.8 Å². The lowest BCUT2D eigenvalue weighted by Gasteiger charge is -2.20. The fraction of sp³-hybridized carbons (Fsp3) is 0.480. The van der Waals surface area contributed by atoms with Crippen molar-refractivity contribution in [2.75, 3.05) is 19.0 Å². The van der Waals surface area contributed by atoms with E-state index >= 15 is 0 Å². The molecule has 1 saturated carbocycles. The second kappa shape index (κ2) is 10.3. The number of hydrogen-bond donors (Lipinski definition) is 1. The van der Waals surface area contributed by atoms with E-state index in [1.165, 1.54) is 30.4 Å². The number of anilines is 1. The maximum Gasteiger partial charge on any atom is 0.154 e. The summed E-state index contributed by atoms with van der Waals surface area (Å²) in [7, 11) is 1.70. The molecular weight excluding hydrogens is 346 g/mol. The van der Waals surface area contributed by atoms with Crippen molar-refractivity contribution in [3.63, 3.8) is 0 Å². The van der Waals surface area contributed by atoms with Crippen molar-refractivity contribution >= 4 is 11.5 Å². The Morgan fingerprint density at radius 1 is 1.00 bits per heavy atom. The Balaban J connectivity index is 1.59. The summed E-state index contributed by atoms with van der Waals surface area (Å²) in [6, 6.07) is 16.7. The third-order valence-electron chi connectivity index (χ3n) is 6.00. The van der Waals surface area contributed by atoms with Crippen LogP contribution < -0.4 is 10.1 Å². The monoisotopic (exact) mass is 379 g/mol. The van der Waals surface area contributed by atoms with Gasteiger partial charge in [-0.05, 0) is 73.9 Å². The topological polar surface area (TPSA) is 38.3 Å². The van der Waals surface area contributed by atoms with Crippen LogP contribution in [0.25, 0.3) is 0 Å². The molecular formula is C25H33NO2. The first-order valence-corrected chi connectivity index (χ1v) is 10.6. The molecule has 3 rings (SSSR count). The van der Waals surface area contributed by atoms with Crippen molar-refractivity contribution < 1.29 is 9.53 Å². The fourth-order valence-electron chi connectivity index (χ4n) is 4.27. The van der Waals surface area contributed by atoms with Crippen LogP contribution in [0.15, 0.2) is 48.5 Å². The van der Waals surface area contributed by atoms with Gasteiger partial charge in [0.15, 0.2) is 5.78 Å². The van der Waals surface area contributed by atoms with E-state index in [9.17, 15) is 4.79 Å². The SMILES string of the molecule is COc1ccc(C2CCCCCC(C(=O)CNc3cccc(C)c3)CC2)cc1. The number of rotatable bonds is 6. The van der Waals surface area contributed by atoms with Crippen molar-refractivity contribution in [3.05, 3.63) is 59.7 Å². The van der Waals surface area contributed by atoms with Gasteiger partial charge in [-0.15, -0.1) is 0 Å². The van der Waals surface area contributed by atoms with Crippen LogP contribution in [0.5, 0.6) is 5.75 Å². The molecule has 0 radical (unpaired) electrons. The van der Waals surface area contributed by atoms with Gasteiger partial charge in [-0.3, -0.25) is 4.79 Å². The van der Waals surface area contributed by atoms with Gasteiger partial charge in [0, 0.05) is 11.6 Å². The van der Waals surface area contributed by atoms with Crippen molar-refractivity contribution in [1.29, 1.82) is 0 Å². The molecule has 0 saturated heterocycles. The van der Waals surface area contributed by atoms with Crippen LogP contribution in [0, 0.1) is 12.8 Å². The smallest absolute Gasteiger partial charge is 0.154 e. The number of ketones is 1. The number of Topliss-reactive ketones (excluding diaryl/α,β-unsaturated/α-hetero) is 1. The van der Waals surface area contributed by atoms with E-state index in [1.807, 2.05) is 12.1 Å². The number of hydrogen-bond acceptors (Lipinski definition) is 3. The third kappa shape index (κ3) is 5.85. The van der Waals surface area contributed by atoms with Gasteiger partial charge in [-0.1, -0.05) is 43.5 Å². The minimum atomic E-state index is 0.177. The van der Waals surface area contributed by atoms with E-state index in [-0.39, 0.29) is 5.92 Å². The van der Waals surface area contributed by atoms with Gasteiger partial charge in [0.1, 0.15) is 5.75 Å². The highest BCUT2D eigenvalue weighted by atomic mass is 16.5. The standard InChI is InChI=1S/C25H33NO2/c1-19-7-6-10-23(17-19)26-18-25(27)22-9-5-3-4-8-20(11-12-22)21-13-15-24(28-2)16-14-21/h6-7,10,13-17,20,22,26H,3-5,8-9,11-12,18H2,1-2H3. The van der Waals surface area contributed by atoms with Crippen LogP contribution in [0.3, 0.4) is 0 Å². The maximum absolute atomic E-state index is 12.9. The molecule has 150 valence electrons. The molecule has 0 bridgehead atoms. The van der Waals surface area contributed by atoms with Gasteiger partial charge in [0.2, 0.25) is 0 Å². The molecule has 0 heterocycles. The molecule has 1 fully saturated rings. The van der Waals surface area contributed by atoms with Crippen LogP contribution in [-0.4, -0.2) is 19.4 Å². The number of benzene rings is 2. The largest absolute Gasteiger partial charge is 0.497 e. The van der Waals surface area contributed by atoms with E-state index in [4.69, 9.17) is 4.74 Å². The third-order valence-corrected chi connectivity index (χ3v) is 6.00. The predicted molar refractivity (Wildman–Crippen MR) is 116 cm³/mol. The van der Waals surface area contributed by atoms with E-state index in [2.05, 4.69) is 48.6 Å². The molecule has 2 aromatic rings. The van der Waals surface area contributed by atoms with Crippen LogP contribution in [0.4, 0.5) is 5.69 Å². The minimum absolute atomic E-state index is 0.177. The van der Waals surface area contributed by atoms with Crippen LogP contribution in [0.2, 0.25) is 0 Å². The van der Waals surface area contributed by atoms with E-state index < -0.39 is 0 Å². The molecule has 1 N–H and O–H groups in total. The first-order chi connectivity index (χ1) is 13.7. The average molecular weight is 380 g/mol. The van der Waals surface area contributed by atoms with E-state index in [0.29, 0.717) is 18.2 Å². The lowest BCUT2D eigenvalue weighted by atomic mass is 9.86. The first kappa shape index (κ1) is 20.4. The summed E-state index contributed by atoms with van der Waals surface area (Å²) in [5.74, 6) is 1.99. The van der Waals surface area contributed by atoms with Gasteiger partial charge in [-0.25, -0.2) is 0 Å². The molecule has 2 atom stereocenters. The van der Waals surface area contributed by atoms with Gasteiger partial charge in [0.25, 0.3) is 0 Å². The Morgan fingerprint density at radius 3 is 2.54 bits per heavy atom. The minimum Gasteiger partial charge on any atom is -0.497 e. The van der Waals surface area contributed by atoms with E-state index in [1.54, 1.807) is 7.11 Å². The van der Waals surface area contributed by atoms with Gasteiger partial charge < -0.3 is 10.1 Å². The fourth-order valence-corrected chi connectivity index (χ4v) is 4.27. The molecule has 3 nitrogen and oxygen atoms in total. The van der Waals surface area contributed by atoms with Crippen LogP contribution in [0.1, 0.15) is 62.0 Å². The average Bonchev–Trinajstić information content (AvgIpc) is 2.84.